The van der Waals surface area contributed by atoms with Gasteiger partial charge in [-0.1, -0.05) is 6.08 Å². The zero-order valence-electron chi connectivity index (χ0n) is 12.0. The molecule has 1 saturated heterocycles. The van der Waals surface area contributed by atoms with Gasteiger partial charge in [0.1, 0.15) is 0 Å². The molecule has 1 rings (SSSR count). The minimum absolute atomic E-state index is 0.255. The van der Waals surface area contributed by atoms with E-state index in [0.717, 1.165) is 12.3 Å². The van der Waals surface area contributed by atoms with Crippen LogP contribution < -0.4 is 5.32 Å². The number of piperidine rings is 1. The van der Waals surface area contributed by atoms with Crippen molar-refractivity contribution in [3.05, 3.63) is 12.7 Å². The first-order chi connectivity index (χ1) is 8.01. The Bertz CT molecular complexity index is 217. The summed E-state index contributed by atoms with van der Waals surface area (Å²) in [7, 11) is 0. The molecule has 1 aliphatic heterocycles. The van der Waals surface area contributed by atoms with Crippen molar-refractivity contribution in [2.45, 2.75) is 52.0 Å². The second-order valence-corrected chi connectivity index (χ2v) is 6.37. The molecule has 1 fully saturated rings. The van der Waals surface area contributed by atoms with Gasteiger partial charge in [-0.15, -0.1) is 6.58 Å². The van der Waals surface area contributed by atoms with Crippen LogP contribution in [-0.2, 0) is 0 Å². The number of hydrogen-bond acceptors (Lipinski definition) is 2. The molecule has 100 valence electrons. The highest BCUT2D eigenvalue weighted by Gasteiger charge is 2.20. The maximum atomic E-state index is 3.79. The second-order valence-electron chi connectivity index (χ2n) is 6.37. The molecule has 0 aromatic rings. The van der Waals surface area contributed by atoms with Crippen LogP contribution in [0.1, 0.15) is 46.5 Å². The number of likely N-dealkylation sites (tertiary alicyclic amines) is 1. The molecule has 2 heteroatoms. The average Bonchev–Trinajstić information content (AvgIpc) is 2.27. The summed E-state index contributed by atoms with van der Waals surface area (Å²) in [6.07, 6.45) is 7.21. The average molecular weight is 238 g/mol. The van der Waals surface area contributed by atoms with Crippen molar-refractivity contribution in [1.29, 1.82) is 0 Å². The van der Waals surface area contributed by atoms with E-state index < -0.39 is 0 Å². The number of unbranched alkanes of at least 4 members (excludes halogenated alkanes) is 1. The van der Waals surface area contributed by atoms with Gasteiger partial charge >= 0.3 is 0 Å². The van der Waals surface area contributed by atoms with Crippen molar-refractivity contribution in [3.63, 3.8) is 0 Å². The highest BCUT2D eigenvalue weighted by Crippen LogP contribution is 2.17. The van der Waals surface area contributed by atoms with Gasteiger partial charge in [0.25, 0.3) is 0 Å². The molecule has 0 aliphatic carbocycles. The molecule has 0 aromatic heterocycles. The Balaban J connectivity index is 2.21. The van der Waals surface area contributed by atoms with Crippen LogP contribution in [0.15, 0.2) is 12.7 Å². The van der Waals surface area contributed by atoms with Gasteiger partial charge in [-0.3, -0.25) is 0 Å². The molecule has 0 aromatic carbocycles. The van der Waals surface area contributed by atoms with Crippen LogP contribution in [-0.4, -0.2) is 36.6 Å². The third-order valence-corrected chi connectivity index (χ3v) is 3.41. The zero-order valence-corrected chi connectivity index (χ0v) is 12.0. The quantitative estimate of drug-likeness (QED) is 0.565. The molecule has 1 atom stereocenters. The van der Waals surface area contributed by atoms with E-state index in [1.165, 1.54) is 45.4 Å². The van der Waals surface area contributed by atoms with E-state index in [4.69, 9.17) is 0 Å². The van der Waals surface area contributed by atoms with E-state index in [1.807, 2.05) is 6.08 Å². The van der Waals surface area contributed by atoms with E-state index in [-0.39, 0.29) is 5.54 Å². The number of nitrogens with zero attached hydrogens (tertiary/aromatic N) is 1. The normalized spacial score (nSPS) is 22.6. The summed E-state index contributed by atoms with van der Waals surface area (Å²) in [5, 5.41) is 3.64. The third kappa shape index (κ3) is 6.85. The van der Waals surface area contributed by atoms with Crippen LogP contribution in [0, 0.1) is 5.92 Å². The molecule has 1 unspecified atom stereocenters. The summed E-state index contributed by atoms with van der Waals surface area (Å²) >= 11 is 0. The fourth-order valence-electron chi connectivity index (χ4n) is 2.43. The molecule has 0 saturated carbocycles. The standard InChI is InChI=1S/C15H30N2/c1-5-6-7-10-17-11-8-9-14(13-17)12-16-15(2,3)4/h5,14,16H,1,6-13H2,2-4H3. The van der Waals surface area contributed by atoms with Gasteiger partial charge in [0, 0.05) is 12.1 Å². The Morgan fingerprint density at radius 3 is 2.82 bits per heavy atom. The first-order valence-electron chi connectivity index (χ1n) is 7.09. The molecule has 2 nitrogen and oxygen atoms in total. The molecule has 0 radical (unpaired) electrons. The Kier molecular flexibility index (Phi) is 6.21. The van der Waals surface area contributed by atoms with Crippen molar-refractivity contribution in [2.24, 2.45) is 5.92 Å². The Morgan fingerprint density at radius 1 is 1.41 bits per heavy atom. The number of allylic oxidation sites excluding steroid dienone is 1. The van der Waals surface area contributed by atoms with Gasteiger partial charge < -0.3 is 10.2 Å². The minimum atomic E-state index is 0.255. The van der Waals surface area contributed by atoms with Crippen LogP contribution in [0.5, 0.6) is 0 Å². The van der Waals surface area contributed by atoms with Gasteiger partial charge in [-0.25, -0.2) is 0 Å². The number of hydrogen-bond donors (Lipinski definition) is 1. The lowest BCUT2D eigenvalue weighted by atomic mass is 9.96. The van der Waals surface area contributed by atoms with Crippen molar-refractivity contribution < 1.29 is 0 Å². The summed E-state index contributed by atoms with van der Waals surface area (Å²) in [6, 6.07) is 0. The third-order valence-electron chi connectivity index (χ3n) is 3.41. The van der Waals surface area contributed by atoms with Gasteiger partial charge in [0.05, 0.1) is 0 Å². The fraction of sp³-hybridized carbons (Fsp3) is 0.867. The van der Waals surface area contributed by atoms with E-state index in [0.29, 0.717) is 0 Å². The molecule has 0 bridgehead atoms. The highest BCUT2D eigenvalue weighted by atomic mass is 15.1. The van der Waals surface area contributed by atoms with Gasteiger partial charge in [-0.2, -0.15) is 0 Å². The Morgan fingerprint density at radius 2 is 2.18 bits per heavy atom. The topological polar surface area (TPSA) is 15.3 Å². The maximum absolute atomic E-state index is 3.79. The Hall–Kier alpha value is -0.340. The molecule has 17 heavy (non-hydrogen) atoms. The maximum Gasteiger partial charge on any atom is 0.00966 e. The summed E-state index contributed by atoms with van der Waals surface area (Å²) in [5.41, 5.74) is 0.255. The monoisotopic (exact) mass is 238 g/mol. The molecular weight excluding hydrogens is 208 g/mol. The molecule has 1 aliphatic rings. The lowest BCUT2D eigenvalue weighted by molar-refractivity contribution is 0.165. The first-order valence-corrected chi connectivity index (χ1v) is 7.09. The van der Waals surface area contributed by atoms with Crippen molar-refractivity contribution in [2.75, 3.05) is 26.2 Å². The fourth-order valence-corrected chi connectivity index (χ4v) is 2.43. The zero-order chi connectivity index (χ0) is 12.7. The van der Waals surface area contributed by atoms with Crippen molar-refractivity contribution in [1.82, 2.24) is 10.2 Å². The van der Waals surface area contributed by atoms with E-state index in [9.17, 15) is 0 Å². The summed E-state index contributed by atoms with van der Waals surface area (Å²) in [6.45, 7) is 15.5. The van der Waals surface area contributed by atoms with Crippen LogP contribution in [0.2, 0.25) is 0 Å². The van der Waals surface area contributed by atoms with Crippen LogP contribution in [0.25, 0.3) is 0 Å². The lowest BCUT2D eigenvalue weighted by Crippen LogP contribution is -2.44. The molecule has 0 spiro atoms. The summed E-state index contributed by atoms with van der Waals surface area (Å²) in [4.78, 5) is 2.63. The van der Waals surface area contributed by atoms with E-state index >= 15 is 0 Å². The largest absolute Gasteiger partial charge is 0.312 e. The molecular formula is C15H30N2. The van der Waals surface area contributed by atoms with E-state index in [1.54, 1.807) is 0 Å². The molecule has 1 N–H and O–H groups in total. The van der Waals surface area contributed by atoms with Crippen molar-refractivity contribution >= 4 is 0 Å². The Labute approximate surface area is 107 Å². The van der Waals surface area contributed by atoms with Gasteiger partial charge in [-0.05, 0) is 72.0 Å². The molecule has 0 amide bonds. The summed E-state index contributed by atoms with van der Waals surface area (Å²) in [5.74, 6) is 0.840. The van der Waals surface area contributed by atoms with Gasteiger partial charge in [0.2, 0.25) is 0 Å². The first kappa shape index (κ1) is 14.7. The van der Waals surface area contributed by atoms with E-state index in [2.05, 4.69) is 37.6 Å². The SMILES string of the molecule is C=CCCCN1CCCC(CNC(C)(C)C)C1. The highest BCUT2D eigenvalue weighted by molar-refractivity contribution is 4.79. The predicted octanol–water partition coefficient (Wildman–Crippen LogP) is 3.05. The van der Waals surface area contributed by atoms with Crippen LogP contribution >= 0.6 is 0 Å². The number of nitrogens with one attached hydrogen (secondary N) is 1. The minimum Gasteiger partial charge on any atom is -0.312 e. The second kappa shape index (κ2) is 7.17. The lowest BCUT2D eigenvalue weighted by Gasteiger charge is -2.34. The van der Waals surface area contributed by atoms with Gasteiger partial charge in [0.15, 0.2) is 0 Å². The summed E-state index contributed by atoms with van der Waals surface area (Å²) < 4.78 is 0. The molecule has 1 heterocycles. The van der Waals surface area contributed by atoms with Crippen LogP contribution in [0.3, 0.4) is 0 Å². The van der Waals surface area contributed by atoms with Crippen LogP contribution in [0.4, 0.5) is 0 Å². The number of rotatable bonds is 6. The smallest absolute Gasteiger partial charge is 0.00966 e. The van der Waals surface area contributed by atoms with Crippen molar-refractivity contribution in [3.8, 4) is 0 Å². The predicted molar refractivity (Wildman–Crippen MR) is 76.4 cm³/mol.